The minimum Gasteiger partial charge on any atom is -0.497 e. The Labute approximate surface area is 167 Å². The first-order valence-electron chi connectivity index (χ1n) is 10.2. The van der Waals surface area contributed by atoms with Gasteiger partial charge in [-0.05, 0) is 50.6 Å². The number of nitrogens with one attached hydrogen (secondary N) is 1. The highest BCUT2D eigenvalue weighted by atomic mass is 16.5. The summed E-state index contributed by atoms with van der Waals surface area (Å²) in [5.41, 5.74) is 3.94. The molecule has 1 aromatic carbocycles. The van der Waals surface area contributed by atoms with Crippen LogP contribution in [0.3, 0.4) is 0 Å². The number of carbonyl (C=O) groups is 1. The van der Waals surface area contributed by atoms with Crippen LogP contribution in [-0.2, 0) is 0 Å². The van der Waals surface area contributed by atoms with E-state index in [1.807, 2.05) is 42.2 Å². The molecular formula is C22H30N4O2. The van der Waals surface area contributed by atoms with Gasteiger partial charge in [0.2, 0.25) is 0 Å². The molecule has 3 heterocycles. The van der Waals surface area contributed by atoms with E-state index >= 15 is 0 Å². The van der Waals surface area contributed by atoms with Crippen LogP contribution in [0.4, 0.5) is 0 Å². The number of aromatic nitrogens is 1. The lowest BCUT2D eigenvalue weighted by Crippen LogP contribution is -2.49. The molecule has 2 aliphatic rings. The molecule has 150 valence electrons. The van der Waals surface area contributed by atoms with Gasteiger partial charge >= 0.3 is 0 Å². The van der Waals surface area contributed by atoms with Crippen molar-refractivity contribution in [1.82, 2.24) is 19.7 Å². The maximum Gasteiger partial charge on any atom is 0.255 e. The molecule has 0 bridgehead atoms. The molecule has 1 unspecified atom stereocenters. The van der Waals surface area contributed by atoms with Crippen LogP contribution in [0.2, 0.25) is 0 Å². The van der Waals surface area contributed by atoms with Crippen LogP contribution in [-0.4, -0.2) is 72.7 Å². The van der Waals surface area contributed by atoms with Crippen LogP contribution < -0.4 is 10.1 Å². The Morgan fingerprint density at radius 1 is 1.11 bits per heavy atom. The van der Waals surface area contributed by atoms with Crippen molar-refractivity contribution in [3.63, 3.8) is 0 Å². The summed E-state index contributed by atoms with van der Waals surface area (Å²) in [5.74, 6) is 0.990. The van der Waals surface area contributed by atoms with E-state index in [0.717, 1.165) is 74.1 Å². The molecule has 6 heteroatoms. The van der Waals surface area contributed by atoms with Crippen molar-refractivity contribution in [2.75, 3.05) is 46.4 Å². The van der Waals surface area contributed by atoms with Gasteiger partial charge in [-0.1, -0.05) is 0 Å². The molecule has 28 heavy (non-hydrogen) atoms. The lowest BCUT2D eigenvalue weighted by atomic mass is 10.2. The SMILES string of the molecule is COc1ccc(-n2c(C)cc(C(=O)N3CCC(N4CCNCC4)C3)c2C)cc1. The van der Waals surface area contributed by atoms with E-state index < -0.39 is 0 Å². The van der Waals surface area contributed by atoms with Gasteiger partial charge in [0.15, 0.2) is 0 Å². The van der Waals surface area contributed by atoms with Crippen molar-refractivity contribution >= 4 is 5.91 Å². The standard InChI is InChI=1S/C22H30N4O2/c1-16-14-21(17(2)26(16)18-4-6-20(28-3)7-5-18)22(27)25-11-8-19(15-25)24-12-9-23-10-13-24/h4-7,14,19,23H,8-13,15H2,1-3H3. The van der Waals surface area contributed by atoms with Gasteiger partial charge in [0.05, 0.1) is 12.7 Å². The van der Waals surface area contributed by atoms with E-state index in [-0.39, 0.29) is 5.91 Å². The monoisotopic (exact) mass is 382 g/mol. The Morgan fingerprint density at radius 3 is 2.50 bits per heavy atom. The van der Waals surface area contributed by atoms with Gasteiger partial charge in [-0.25, -0.2) is 0 Å². The zero-order chi connectivity index (χ0) is 19.7. The lowest BCUT2D eigenvalue weighted by molar-refractivity contribution is 0.0773. The second-order valence-electron chi connectivity index (χ2n) is 7.80. The van der Waals surface area contributed by atoms with Crippen LogP contribution in [0.1, 0.15) is 28.2 Å². The van der Waals surface area contributed by atoms with E-state index in [1.165, 1.54) is 0 Å². The Bertz CT molecular complexity index is 837. The summed E-state index contributed by atoms with van der Waals surface area (Å²) in [6, 6.07) is 10.5. The predicted molar refractivity (Wildman–Crippen MR) is 111 cm³/mol. The number of amides is 1. The van der Waals surface area contributed by atoms with E-state index in [4.69, 9.17) is 4.74 Å². The van der Waals surface area contributed by atoms with Crippen LogP contribution in [0.5, 0.6) is 5.75 Å². The minimum absolute atomic E-state index is 0.158. The van der Waals surface area contributed by atoms with Gasteiger partial charge in [0.1, 0.15) is 5.75 Å². The first-order valence-corrected chi connectivity index (χ1v) is 10.2. The van der Waals surface area contributed by atoms with E-state index in [2.05, 4.69) is 21.7 Å². The molecule has 0 radical (unpaired) electrons. The first-order chi connectivity index (χ1) is 13.6. The molecule has 2 saturated heterocycles. The number of benzene rings is 1. The van der Waals surface area contributed by atoms with E-state index in [0.29, 0.717) is 6.04 Å². The largest absolute Gasteiger partial charge is 0.497 e. The third kappa shape index (κ3) is 3.54. The number of ether oxygens (including phenoxy) is 1. The number of methoxy groups -OCH3 is 1. The van der Waals surface area contributed by atoms with E-state index in [9.17, 15) is 4.79 Å². The average molecular weight is 383 g/mol. The molecule has 0 saturated carbocycles. The maximum atomic E-state index is 13.3. The van der Waals surface area contributed by atoms with Crippen molar-refractivity contribution in [2.24, 2.45) is 0 Å². The minimum atomic E-state index is 0.158. The summed E-state index contributed by atoms with van der Waals surface area (Å²) in [4.78, 5) is 17.8. The lowest BCUT2D eigenvalue weighted by Gasteiger charge is -2.32. The number of likely N-dealkylation sites (tertiary alicyclic amines) is 1. The van der Waals surface area contributed by atoms with Crippen LogP contribution in [0.15, 0.2) is 30.3 Å². The fourth-order valence-corrected chi connectivity index (χ4v) is 4.55. The average Bonchev–Trinajstić information content (AvgIpc) is 3.33. The Kier molecular flexibility index (Phi) is 5.42. The maximum absolute atomic E-state index is 13.3. The first kappa shape index (κ1) is 19.0. The highest BCUT2D eigenvalue weighted by molar-refractivity contribution is 5.96. The van der Waals surface area contributed by atoms with Gasteiger partial charge in [-0.2, -0.15) is 0 Å². The van der Waals surface area contributed by atoms with Crippen molar-refractivity contribution in [3.8, 4) is 11.4 Å². The normalized spacial score (nSPS) is 20.5. The Balaban J connectivity index is 1.52. The van der Waals surface area contributed by atoms with Gasteiger partial charge in [-0.3, -0.25) is 9.69 Å². The molecule has 6 nitrogen and oxygen atoms in total. The molecule has 2 aliphatic heterocycles. The second-order valence-corrected chi connectivity index (χ2v) is 7.80. The number of nitrogens with zero attached hydrogens (tertiary/aromatic N) is 3. The zero-order valence-electron chi connectivity index (χ0n) is 17.1. The predicted octanol–water partition coefficient (Wildman–Crippen LogP) is 2.22. The van der Waals surface area contributed by atoms with E-state index in [1.54, 1.807) is 7.11 Å². The van der Waals surface area contributed by atoms with Crippen LogP contribution in [0.25, 0.3) is 5.69 Å². The molecule has 0 aliphatic carbocycles. The molecule has 1 atom stereocenters. The van der Waals surface area contributed by atoms with Gasteiger partial charge in [0, 0.05) is 62.4 Å². The molecule has 4 rings (SSSR count). The van der Waals surface area contributed by atoms with Crippen molar-refractivity contribution < 1.29 is 9.53 Å². The number of carbonyl (C=O) groups excluding carboxylic acids is 1. The van der Waals surface area contributed by atoms with Gasteiger partial charge in [-0.15, -0.1) is 0 Å². The summed E-state index contributed by atoms with van der Waals surface area (Å²) < 4.78 is 7.41. The summed E-state index contributed by atoms with van der Waals surface area (Å²) in [6.45, 7) is 10.0. The fraction of sp³-hybridized carbons (Fsp3) is 0.500. The number of piperazine rings is 1. The molecule has 2 fully saturated rings. The molecule has 2 aromatic rings. The Morgan fingerprint density at radius 2 is 1.82 bits per heavy atom. The zero-order valence-corrected chi connectivity index (χ0v) is 17.1. The summed E-state index contributed by atoms with van der Waals surface area (Å²) in [5, 5.41) is 3.40. The van der Waals surface area contributed by atoms with Gasteiger partial charge in [0.25, 0.3) is 5.91 Å². The topological polar surface area (TPSA) is 49.7 Å². The number of aryl methyl sites for hydroxylation is 1. The summed E-state index contributed by atoms with van der Waals surface area (Å²) in [6.07, 6.45) is 1.07. The number of rotatable bonds is 4. The molecular weight excluding hydrogens is 352 g/mol. The molecule has 1 amide bonds. The van der Waals surface area contributed by atoms with Crippen LogP contribution in [0, 0.1) is 13.8 Å². The van der Waals surface area contributed by atoms with Gasteiger partial charge < -0.3 is 19.5 Å². The summed E-state index contributed by atoms with van der Waals surface area (Å²) >= 11 is 0. The molecule has 1 aromatic heterocycles. The van der Waals surface area contributed by atoms with Crippen LogP contribution >= 0.6 is 0 Å². The quantitative estimate of drug-likeness (QED) is 0.881. The molecule has 0 spiro atoms. The molecule has 1 N–H and O–H groups in total. The third-order valence-electron chi connectivity index (χ3n) is 6.11. The summed E-state index contributed by atoms with van der Waals surface area (Å²) in [7, 11) is 1.67. The highest BCUT2D eigenvalue weighted by Crippen LogP contribution is 2.25. The Hall–Kier alpha value is -2.31. The highest BCUT2D eigenvalue weighted by Gasteiger charge is 2.32. The smallest absolute Gasteiger partial charge is 0.255 e. The third-order valence-corrected chi connectivity index (χ3v) is 6.11. The van der Waals surface area contributed by atoms with Crippen molar-refractivity contribution in [3.05, 3.63) is 47.3 Å². The number of hydrogen-bond acceptors (Lipinski definition) is 4. The second kappa shape index (κ2) is 7.97. The van der Waals surface area contributed by atoms with Crippen molar-refractivity contribution in [1.29, 1.82) is 0 Å². The number of hydrogen-bond donors (Lipinski definition) is 1. The van der Waals surface area contributed by atoms with Crippen molar-refractivity contribution in [2.45, 2.75) is 26.3 Å². The fourth-order valence-electron chi connectivity index (χ4n) is 4.55.